The quantitative estimate of drug-likeness (QED) is 0.537. The summed E-state index contributed by atoms with van der Waals surface area (Å²) in [5.74, 6) is 0.999. The van der Waals surface area contributed by atoms with Crippen molar-refractivity contribution in [2.45, 2.75) is 18.9 Å². The van der Waals surface area contributed by atoms with E-state index in [4.69, 9.17) is 5.73 Å². The zero-order chi connectivity index (χ0) is 6.27. The number of nitrogens with zero attached hydrogens (tertiary/aromatic N) is 1. The van der Waals surface area contributed by atoms with Crippen LogP contribution in [-0.4, -0.2) is 30.6 Å². The first-order valence-electron chi connectivity index (χ1n) is 3.84. The molecule has 2 heterocycles. The second kappa shape index (κ2) is 1.96. The Hall–Kier alpha value is -0.0800. The summed E-state index contributed by atoms with van der Waals surface area (Å²) in [4.78, 5) is 2.53. The molecule has 2 aliphatic rings. The summed E-state index contributed by atoms with van der Waals surface area (Å²) in [6.07, 6.45) is 2.80. The van der Waals surface area contributed by atoms with Gasteiger partial charge in [0, 0.05) is 19.1 Å². The molecule has 2 bridgehead atoms. The highest BCUT2D eigenvalue weighted by Crippen LogP contribution is 2.31. The molecule has 3 unspecified atom stereocenters. The highest BCUT2D eigenvalue weighted by molar-refractivity contribution is 4.91. The molecule has 2 fully saturated rings. The summed E-state index contributed by atoms with van der Waals surface area (Å²) in [5.41, 5.74) is 5.58. The van der Waals surface area contributed by atoms with Crippen LogP contribution in [0.25, 0.3) is 0 Å². The lowest BCUT2D eigenvalue weighted by molar-refractivity contribution is 0.267. The fourth-order valence-corrected chi connectivity index (χ4v) is 2.17. The summed E-state index contributed by atoms with van der Waals surface area (Å²) >= 11 is 0. The van der Waals surface area contributed by atoms with Gasteiger partial charge in [-0.1, -0.05) is 0 Å². The van der Waals surface area contributed by atoms with Gasteiger partial charge in [0.05, 0.1) is 0 Å². The zero-order valence-electron chi connectivity index (χ0n) is 5.71. The van der Waals surface area contributed by atoms with Crippen molar-refractivity contribution in [3.05, 3.63) is 0 Å². The molecule has 3 atom stereocenters. The van der Waals surface area contributed by atoms with Crippen LogP contribution in [0.5, 0.6) is 0 Å². The highest BCUT2D eigenvalue weighted by Gasteiger charge is 2.35. The summed E-state index contributed by atoms with van der Waals surface area (Å²) in [6, 6.07) is 0.740. The van der Waals surface area contributed by atoms with Crippen molar-refractivity contribution < 1.29 is 0 Å². The van der Waals surface area contributed by atoms with Crippen LogP contribution >= 0.6 is 0 Å². The number of fused-ring (bicyclic) bond motifs is 2. The van der Waals surface area contributed by atoms with Crippen LogP contribution in [0.2, 0.25) is 0 Å². The summed E-state index contributed by atoms with van der Waals surface area (Å²) < 4.78 is 0. The Kier molecular flexibility index (Phi) is 1.24. The molecule has 0 aromatic carbocycles. The molecule has 0 saturated carbocycles. The third-order valence-corrected chi connectivity index (χ3v) is 2.71. The van der Waals surface area contributed by atoms with E-state index >= 15 is 0 Å². The second-order valence-electron chi connectivity index (χ2n) is 3.27. The third-order valence-electron chi connectivity index (χ3n) is 2.71. The Bertz CT molecular complexity index is 113. The predicted molar refractivity (Wildman–Crippen MR) is 37.1 cm³/mol. The van der Waals surface area contributed by atoms with Crippen molar-refractivity contribution in [3.8, 4) is 0 Å². The first kappa shape index (κ1) is 5.69. The lowest BCUT2D eigenvalue weighted by Crippen LogP contribution is -2.35. The SMILES string of the molecule is NCC1CC2CCN1C2. The lowest BCUT2D eigenvalue weighted by atomic mass is 10.0. The summed E-state index contributed by atoms with van der Waals surface area (Å²) in [7, 11) is 0. The molecule has 0 radical (unpaired) electrons. The van der Waals surface area contributed by atoms with Crippen molar-refractivity contribution in [1.29, 1.82) is 0 Å². The molecule has 52 valence electrons. The monoisotopic (exact) mass is 126 g/mol. The molecule has 9 heavy (non-hydrogen) atoms. The van der Waals surface area contributed by atoms with Gasteiger partial charge in [-0.3, -0.25) is 4.90 Å². The molecule has 0 aliphatic carbocycles. The molecule has 0 aromatic rings. The Morgan fingerprint density at radius 3 is 2.78 bits per heavy atom. The zero-order valence-corrected chi connectivity index (χ0v) is 5.71. The van der Waals surface area contributed by atoms with E-state index in [9.17, 15) is 0 Å². The van der Waals surface area contributed by atoms with Crippen LogP contribution in [0.4, 0.5) is 0 Å². The van der Waals surface area contributed by atoms with Crippen molar-refractivity contribution in [2.24, 2.45) is 11.7 Å². The van der Waals surface area contributed by atoms with Crippen molar-refractivity contribution >= 4 is 0 Å². The minimum atomic E-state index is 0.740. The van der Waals surface area contributed by atoms with Crippen LogP contribution in [0.1, 0.15) is 12.8 Å². The lowest BCUT2D eigenvalue weighted by Gasteiger charge is -2.22. The summed E-state index contributed by atoms with van der Waals surface area (Å²) in [6.45, 7) is 3.52. The van der Waals surface area contributed by atoms with E-state index < -0.39 is 0 Å². The standard InChI is InChI=1S/C7H14N2/c8-4-7-3-6-1-2-9(7)5-6/h6-7H,1-5,8H2. The van der Waals surface area contributed by atoms with E-state index in [0.29, 0.717) is 0 Å². The normalized spacial score (nSPS) is 48.3. The van der Waals surface area contributed by atoms with Gasteiger partial charge in [0.2, 0.25) is 0 Å². The van der Waals surface area contributed by atoms with Crippen LogP contribution < -0.4 is 5.73 Å². The van der Waals surface area contributed by atoms with Gasteiger partial charge < -0.3 is 5.73 Å². The minimum Gasteiger partial charge on any atom is -0.329 e. The number of hydrogen-bond donors (Lipinski definition) is 1. The molecule has 2 rings (SSSR count). The molecule has 0 aromatic heterocycles. The first-order chi connectivity index (χ1) is 4.40. The first-order valence-corrected chi connectivity index (χ1v) is 3.84. The van der Waals surface area contributed by atoms with Gasteiger partial charge in [0.25, 0.3) is 0 Å². The van der Waals surface area contributed by atoms with Crippen molar-refractivity contribution in [1.82, 2.24) is 4.90 Å². The largest absolute Gasteiger partial charge is 0.329 e. The van der Waals surface area contributed by atoms with Gasteiger partial charge in [-0.05, 0) is 25.3 Å². The highest BCUT2D eigenvalue weighted by atomic mass is 15.2. The number of hydrogen-bond acceptors (Lipinski definition) is 2. The van der Waals surface area contributed by atoms with Crippen LogP contribution in [0, 0.1) is 5.92 Å². The molecule has 2 N–H and O–H groups in total. The maximum absolute atomic E-state index is 5.58. The van der Waals surface area contributed by atoms with E-state index in [2.05, 4.69) is 4.90 Å². The molecule has 0 spiro atoms. The van der Waals surface area contributed by atoms with Crippen molar-refractivity contribution in [2.75, 3.05) is 19.6 Å². The average Bonchev–Trinajstić information content (AvgIpc) is 2.45. The topological polar surface area (TPSA) is 29.3 Å². The van der Waals surface area contributed by atoms with Gasteiger partial charge in [0.15, 0.2) is 0 Å². The number of piperidine rings is 1. The fraction of sp³-hybridized carbons (Fsp3) is 1.00. The maximum atomic E-state index is 5.58. The van der Waals surface area contributed by atoms with Crippen LogP contribution in [0.3, 0.4) is 0 Å². The Labute approximate surface area is 56.0 Å². The van der Waals surface area contributed by atoms with Gasteiger partial charge in [0.1, 0.15) is 0 Å². The smallest absolute Gasteiger partial charge is 0.0221 e. The molecule has 2 saturated heterocycles. The van der Waals surface area contributed by atoms with Gasteiger partial charge in [-0.25, -0.2) is 0 Å². The van der Waals surface area contributed by atoms with Crippen LogP contribution in [-0.2, 0) is 0 Å². The Balaban J connectivity index is 2.01. The van der Waals surface area contributed by atoms with E-state index in [-0.39, 0.29) is 0 Å². The van der Waals surface area contributed by atoms with Gasteiger partial charge in [-0.2, -0.15) is 0 Å². The molecule has 2 aliphatic heterocycles. The second-order valence-corrected chi connectivity index (χ2v) is 3.27. The molecule has 2 nitrogen and oxygen atoms in total. The predicted octanol–water partition coefficient (Wildman–Crippen LogP) is 0.0393. The maximum Gasteiger partial charge on any atom is 0.0221 e. The number of nitrogens with two attached hydrogens (primary N) is 1. The average molecular weight is 126 g/mol. The Morgan fingerprint density at radius 1 is 1.56 bits per heavy atom. The molecule has 2 heteroatoms. The Morgan fingerprint density at radius 2 is 2.44 bits per heavy atom. The fourth-order valence-electron chi connectivity index (χ4n) is 2.17. The molecular weight excluding hydrogens is 112 g/mol. The van der Waals surface area contributed by atoms with E-state index in [0.717, 1.165) is 18.5 Å². The van der Waals surface area contributed by atoms with Gasteiger partial charge >= 0.3 is 0 Å². The van der Waals surface area contributed by atoms with Gasteiger partial charge in [-0.15, -0.1) is 0 Å². The van der Waals surface area contributed by atoms with E-state index in [1.165, 1.54) is 25.9 Å². The van der Waals surface area contributed by atoms with E-state index in [1.54, 1.807) is 0 Å². The molecule has 0 amide bonds. The minimum absolute atomic E-state index is 0.740. The summed E-state index contributed by atoms with van der Waals surface area (Å²) in [5, 5.41) is 0. The third kappa shape index (κ3) is 0.775. The van der Waals surface area contributed by atoms with Crippen molar-refractivity contribution in [3.63, 3.8) is 0 Å². The van der Waals surface area contributed by atoms with Crippen LogP contribution in [0.15, 0.2) is 0 Å². The molecular formula is C7H14N2. The number of rotatable bonds is 1. The van der Waals surface area contributed by atoms with E-state index in [1.807, 2.05) is 0 Å².